The molecule has 1 atom stereocenters. The fourth-order valence-electron chi connectivity index (χ4n) is 1.51. The van der Waals surface area contributed by atoms with Crippen LogP contribution in [0.2, 0.25) is 5.02 Å². The summed E-state index contributed by atoms with van der Waals surface area (Å²) in [5.41, 5.74) is -0.0696. The molecule has 9 heteroatoms. The monoisotopic (exact) mass is 364 g/mol. The number of benzene rings is 1. The standard InChI is InChI=1S/C11H7BrClFN2O4/c12-5-1-4(14)2-6(13)9(5)15-10(17)8-3-7(11(18)19)16-20-8/h1-2,8H,3H2,(H,15,17)(H,18,19). The predicted molar refractivity (Wildman–Crippen MR) is 72.3 cm³/mol. The molecule has 20 heavy (non-hydrogen) atoms. The number of carbonyl (C=O) groups excluding carboxylic acids is 1. The van der Waals surface area contributed by atoms with E-state index in [1.165, 1.54) is 0 Å². The zero-order valence-corrected chi connectivity index (χ0v) is 12.0. The Morgan fingerprint density at radius 1 is 1.55 bits per heavy atom. The van der Waals surface area contributed by atoms with Crippen molar-refractivity contribution >= 4 is 50.8 Å². The highest BCUT2D eigenvalue weighted by Crippen LogP contribution is 2.32. The van der Waals surface area contributed by atoms with Gasteiger partial charge in [-0.15, -0.1) is 0 Å². The van der Waals surface area contributed by atoms with Gasteiger partial charge in [0.25, 0.3) is 5.91 Å². The molecule has 0 fully saturated rings. The molecule has 0 aliphatic carbocycles. The normalized spacial score (nSPS) is 17.4. The van der Waals surface area contributed by atoms with Gasteiger partial charge in [-0.25, -0.2) is 9.18 Å². The molecule has 2 rings (SSSR count). The summed E-state index contributed by atoms with van der Waals surface area (Å²) in [6.07, 6.45) is -1.22. The van der Waals surface area contributed by atoms with E-state index in [0.29, 0.717) is 0 Å². The van der Waals surface area contributed by atoms with Crippen molar-refractivity contribution in [3.05, 3.63) is 27.4 Å². The maximum atomic E-state index is 13.1. The van der Waals surface area contributed by atoms with Gasteiger partial charge in [0.15, 0.2) is 5.71 Å². The zero-order valence-electron chi connectivity index (χ0n) is 9.69. The lowest BCUT2D eigenvalue weighted by Gasteiger charge is -2.12. The molecule has 0 spiro atoms. The molecule has 1 amide bonds. The quantitative estimate of drug-likeness (QED) is 0.861. The van der Waals surface area contributed by atoms with Gasteiger partial charge in [-0.05, 0) is 28.1 Å². The van der Waals surface area contributed by atoms with E-state index in [1.54, 1.807) is 0 Å². The predicted octanol–water partition coefficient (Wildman–Crippen LogP) is 2.41. The maximum Gasteiger partial charge on any atom is 0.353 e. The van der Waals surface area contributed by atoms with Crippen LogP contribution >= 0.6 is 27.5 Å². The number of anilines is 1. The number of carbonyl (C=O) groups is 2. The molecule has 0 aromatic heterocycles. The second kappa shape index (κ2) is 5.76. The van der Waals surface area contributed by atoms with Gasteiger partial charge in [0.2, 0.25) is 6.10 Å². The number of nitrogens with one attached hydrogen (secondary N) is 1. The first-order chi connectivity index (χ1) is 9.38. The average molecular weight is 366 g/mol. The van der Waals surface area contributed by atoms with E-state index in [0.717, 1.165) is 12.1 Å². The summed E-state index contributed by atoms with van der Waals surface area (Å²) in [6, 6.07) is 2.17. The lowest BCUT2D eigenvalue weighted by atomic mass is 10.1. The minimum Gasteiger partial charge on any atom is -0.477 e. The summed E-state index contributed by atoms with van der Waals surface area (Å²) >= 11 is 8.88. The fourth-order valence-corrected chi connectivity index (χ4v) is 2.41. The van der Waals surface area contributed by atoms with Gasteiger partial charge in [-0.2, -0.15) is 0 Å². The van der Waals surface area contributed by atoms with Crippen LogP contribution in [0, 0.1) is 5.82 Å². The number of hydrogen-bond donors (Lipinski definition) is 2. The van der Waals surface area contributed by atoms with Crippen LogP contribution in [0.5, 0.6) is 0 Å². The van der Waals surface area contributed by atoms with Gasteiger partial charge in [0, 0.05) is 10.9 Å². The smallest absolute Gasteiger partial charge is 0.353 e. The molecule has 1 aliphatic heterocycles. The molecule has 1 aromatic rings. The Bertz CT molecular complexity index is 599. The minimum atomic E-state index is -1.25. The Balaban J connectivity index is 2.09. The Kier molecular flexibility index (Phi) is 4.24. The van der Waals surface area contributed by atoms with Crippen LogP contribution in [0.1, 0.15) is 6.42 Å². The molecular formula is C11H7BrClFN2O4. The van der Waals surface area contributed by atoms with Crippen molar-refractivity contribution < 1.29 is 23.9 Å². The van der Waals surface area contributed by atoms with Crippen molar-refractivity contribution in [1.82, 2.24) is 0 Å². The van der Waals surface area contributed by atoms with E-state index in [4.69, 9.17) is 21.5 Å². The van der Waals surface area contributed by atoms with Gasteiger partial charge in [0.05, 0.1) is 10.7 Å². The van der Waals surface area contributed by atoms with Crippen molar-refractivity contribution in [1.29, 1.82) is 0 Å². The number of aliphatic carboxylic acids is 1. The van der Waals surface area contributed by atoms with Gasteiger partial charge >= 0.3 is 5.97 Å². The number of hydrogen-bond acceptors (Lipinski definition) is 4. The first kappa shape index (κ1) is 14.7. The van der Waals surface area contributed by atoms with Gasteiger partial charge < -0.3 is 15.3 Å². The summed E-state index contributed by atoms with van der Waals surface area (Å²) in [5.74, 6) is -2.44. The van der Waals surface area contributed by atoms with E-state index in [9.17, 15) is 14.0 Å². The van der Waals surface area contributed by atoms with Gasteiger partial charge in [0.1, 0.15) is 5.82 Å². The Hall–Kier alpha value is -1.67. The summed E-state index contributed by atoms with van der Waals surface area (Å²) < 4.78 is 13.3. The Labute approximate surface area is 125 Å². The molecule has 0 saturated carbocycles. The van der Waals surface area contributed by atoms with Gasteiger partial charge in [-0.1, -0.05) is 16.8 Å². The van der Waals surface area contributed by atoms with Crippen LogP contribution < -0.4 is 5.32 Å². The first-order valence-electron chi connectivity index (χ1n) is 5.30. The number of oxime groups is 1. The molecular weight excluding hydrogens is 358 g/mol. The highest BCUT2D eigenvalue weighted by molar-refractivity contribution is 9.10. The van der Waals surface area contributed by atoms with Crippen LogP contribution in [-0.4, -0.2) is 28.8 Å². The van der Waals surface area contributed by atoms with Crippen molar-refractivity contribution in [2.75, 3.05) is 5.32 Å². The van der Waals surface area contributed by atoms with Crippen LogP contribution in [0.15, 0.2) is 21.8 Å². The molecule has 1 aliphatic rings. The van der Waals surface area contributed by atoms with E-state index >= 15 is 0 Å². The minimum absolute atomic E-state index is 0.00241. The van der Waals surface area contributed by atoms with E-state index in [2.05, 4.69) is 26.4 Å². The summed E-state index contributed by atoms with van der Waals surface area (Å²) in [5, 5.41) is 14.4. The molecule has 1 heterocycles. The molecule has 2 N–H and O–H groups in total. The van der Waals surface area contributed by atoms with Crippen LogP contribution in [0.25, 0.3) is 0 Å². The van der Waals surface area contributed by atoms with Crippen LogP contribution in [-0.2, 0) is 14.4 Å². The fraction of sp³-hybridized carbons (Fsp3) is 0.182. The SMILES string of the molecule is O=C(O)C1=NOC(C(=O)Nc2c(Cl)cc(F)cc2Br)C1. The number of carboxylic acids is 1. The molecule has 6 nitrogen and oxygen atoms in total. The Morgan fingerprint density at radius 3 is 2.80 bits per heavy atom. The lowest BCUT2D eigenvalue weighted by Crippen LogP contribution is -2.29. The molecule has 1 unspecified atom stereocenters. The third-order valence-electron chi connectivity index (χ3n) is 2.46. The van der Waals surface area contributed by atoms with E-state index in [-0.39, 0.29) is 27.3 Å². The zero-order chi connectivity index (χ0) is 14.9. The van der Waals surface area contributed by atoms with Crippen molar-refractivity contribution in [3.8, 4) is 0 Å². The third-order valence-corrected chi connectivity index (χ3v) is 3.39. The summed E-state index contributed by atoms with van der Waals surface area (Å²) in [6.45, 7) is 0. The van der Waals surface area contributed by atoms with E-state index < -0.39 is 23.8 Å². The number of amides is 1. The molecule has 0 radical (unpaired) electrons. The molecule has 1 aromatic carbocycles. The molecule has 106 valence electrons. The highest BCUT2D eigenvalue weighted by atomic mass is 79.9. The van der Waals surface area contributed by atoms with Crippen molar-refractivity contribution in [2.45, 2.75) is 12.5 Å². The molecule has 0 bridgehead atoms. The van der Waals surface area contributed by atoms with E-state index in [1.807, 2.05) is 0 Å². The largest absolute Gasteiger partial charge is 0.477 e. The maximum absolute atomic E-state index is 13.1. The second-order valence-electron chi connectivity index (χ2n) is 3.87. The van der Waals surface area contributed by atoms with Gasteiger partial charge in [-0.3, -0.25) is 4.79 Å². The topological polar surface area (TPSA) is 88.0 Å². The molecule has 0 saturated heterocycles. The second-order valence-corrected chi connectivity index (χ2v) is 5.14. The van der Waals surface area contributed by atoms with Crippen molar-refractivity contribution in [3.63, 3.8) is 0 Å². The van der Waals surface area contributed by atoms with Crippen LogP contribution in [0.4, 0.5) is 10.1 Å². The summed E-state index contributed by atoms with van der Waals surface area (Å²) in [4.78, 5) is 27.3. The lowest BCUT2D eigenvalue weighted by molar-refractivity contribution is -0.129. The average Bonchev–Trinajstić information content (AvgIpc) is 2.83. The number of nitrogens with zero attached hydrogens (tertiary/aromatic N) is 1. The Morgan fingerprint density at radius 2 is 2.25 bits per heavy atom. The third kappa shape index (κ3) is 3.07. The number of halogens is 3. The van der Waals surface area contributed by atoms with Crippen molar-refractivity contribution in [2.24, 2.45) is 5.16 Å². The number of carboxylic acid groups (broad SMARTS) is 1. The summed E-state index contributed by atoms with van der Waals surface area (Å²) in [7, 11) is 0. The highest BCUT2D eigenvalue weighted by Gasteiger charge is 2.32. The first-order valence-corrected chi connectivity index (χ1v) is 6.47. The van der Waals surface area contributed by atoms with Crippen LogP contribution in [0.3, 0.4) is 0 Å². The number of rotatable bonds is 3.